The SMILES string of the molecule is O=C1c2ccccc2C2C1CC(=O)N2CCO. The van der Waals surface area contributed by atoms with Crippen LogP contribution in [0.3, 0.4) is 0 Å². The molecule has 3 rings (SSSR count). The van der Waals surface area contributed by atoms with Crippen molar-refractivity contribution in [2.24, 2.45) is 5.92 Å². The van der Waals surface area contributed by atoms with E-state index in [1.807, 2.05) is 24.3 Å². The maximum atomic E-state index is 12.1. The summed E-state index contributed by atoms with van der Waals surface area (Å²) < 4.78 is 0. The van der Waals surface area contributed by atoms with E-state index in [-0.39, 0.29) is 36.7 Å². The molecule has 88 valence electrons. The van der Waals surface area contributed by atoms with Crippen molar-refractivity contribution in [1.82, 2.24) is 4.90 Å². The molecule has 1 saturated heterocycles. The normalized spacial score (nSPS) is 26.3. The van der Waals surface area contributed by atoms with Gasteiger partial charge in [0.05, 0.1) is 18.6 Å². The van der Waals surface area contributed by atoms with E-state index in [1.54, 1.807) is 4.90 Å². The fourth-order valence-corrected chi connectivity index (χ4v) is 2.96. The van der Waals surface area contributed by atoms with Crippen LogP contribution >= 0.6 is 0 Å². The van der Waals surface area contributed by atoms with Crippen LogP contribution in [0.2, 0.25) is 0 Å². The quantitative estimate of drug-likeness (QED) is 0.817. The Morgan fingerprint density at radius 2 is 2.06 bits per heavy atom. The lowest BCUT2D eigenvalue weighted by molar-refractivity contribution is -0.129. The molecule has 1 N–H and O–H groups in total. The zero-order chi connectivity index (χ0) is 12.0. The molecule has 0 bridgehead atoms. The van der Waals surface area contributed by atoms with E-state index in [9.17, 15) is 9.59 Å². The number of ketones is 1. The smallest absolute Gasteiger partial charge is 0.224 e. The Bertz CT molecular complexity index is 497. The minimum atomic E-state index is -0.244. The maximum absolute atomic E-state index is 12.1. The molecule has 1 aliphatic heterocycles. The molecule has 1 aliphatic carbocycles. The summed E-state index contributed by atoms with van der Waals surface area (Å²) in [5.74, 6) is -0.206. The average molecular weight is 231 g/mol. The van der Waals surface area contributed by atoms with E-state index < -0.39 is 0 Å². The number of hydrogen-bond donors (Lipinski definition) is 1. The van der Waals surface area contributed by atoms with Crippen molar-refractivity contribution in [3.63, 3.8) is 0 Å². The van der Waals surface area contributed by atoms with Crippen molar-refractivity contribution < 1.29 is 14.7 Å². The standard InChI is InChI=1S/C13H13NO3/c15-6-5-14-11(16)7-10-12(14)8-3-1-2-4-9(8)13(10)17/h1-4,10,12,15H,5-7H2. The minimum absolute atomic E-state index is 0.0306. The number of hydrogen-bond acceptors (Lipinski definition) is 3. The number of carbonyl (C=O) groups is 2. The molecule has 2 aliphatic rings. The number of nitrogens with zero attached hydrogens (tertiary/aromatic N) is 1. The molecule has 1 fully saturated rings. The minimum Gasteiger partial charge on any atom is -0.395 e. The number of benzene rings is 1. The average Bonchev–Trinajstić information content (AvgIpc) is 2.79. The number of β-amino-alcohol motifs (C(OH)–C–C–N with tert-alkyl or cyclic N) is 1. The van der Waals surface area contributed by atoms with E-state index in [4.69, 9.17) is 5.11 Å². The van der Waals surface area contributed by atoms with E-state index in [2.05, 4.69) is 0 Å². The van der Waals surface area contributed by atoms with Gasteiger partial charge in [-0.25, -0.2) is 0 Å². The van der Waals surface area contributed by atoms with Crippen molar-refractivity contribution in [2.45, 2.75) is 12.5 Å². The molecule has 4 heteroatoms. The highest BCUT2D eigenvalue weighted by molar-refractivity contribution is 6.06. The van der Waals surface area contributed by atoms with Crippen LogP contribution in [0.1, 0.15) is 28.4 Å². The molecule has 2 atom stereocenters. The van der Waals surface area contributed by atoms with Crippen LogP contribution in [0.15, 0.2) is 24.3 Å². The first-order valence-corrected chi connectivity index (χ1v) is 5.77. The second-order valence-corrected chi connectivity index (χ2v) is 4.52. The molecule has 0 saturated carbocycles. The third-order valence-electron chi connectivity index (χ3n) is 3.65. The molecular formula is C13H13NO3. The first-order chi connectivity index (χ1) is 8.24. The number of likely N-dealkylation sites (tertiary alicyclic amines) is 1. The van der Waals surface area contributed by atoms with Gasteiger partial charge < -0.3 is 10.0 Å². The van der Waals surface area contributed by atoms with E-state index in [1.165, 1.54) is 0 Å². The Labute approximate surface area is 98.9 Å². The highest BCUT2D eigenvalue weighted by atomic mass is 16.3. The first-order valence-electron chi connectivity index (χ1n) is 5.77. The number of aliphatic hydroxyl groups is 1. The van der Waals surface area contributed by atoms with Crippen LogP contribution in [0, 0.1) is 5.92 Å². The lowest BCUT2D eigenvalue weighted by Crippen LogP contribution is -2.30. The van der Waals surface area contributed by atoms with Gasteiger partial charge in [-0.05, 0) is 5.56 Å². The molecule has 1 aromatic carbocycles. The van der Waals surface area contributed by atoms with Crippen molar-refractivity contribution >= 4 is 11.7 Å². The third kappa shape index (κ3) is 1.34. The Morgan fingerprint density at radius 1 is 1.29 bits per heavy atom. The predicted octanol–water partition coefficient (Wildman–Crippen LogP) is 0.765. The number of rotatable bonds is 2. The summed E-state index contributed by atoms with van der Waals surface area (Å²) in [6.45, 7) is 0.243. The molecule has 0 spiro atoms. The summed E-state index contributed by atoms with van der Waals surface area (Å²) in [6.07, 6.45) is 0.276. The highest BCUT2D eigenvalue weighted by Crippen LogP contribution is 2.46. The van der Waals surface area contributed by atoms with Gasteiger partial charge in [-0.2, -0.15) is 0 Å². The van der Waals surface area contributed by atoms with Crippen LogP contribution in [0.4, 0.5) is 0 Å². The van der Waals surface area contributed by atoms with Crippen LogP contribution in [-0.2, 0) is 4.79 Å². The molecule has 4 nitrogen and oxygen atoms in total. The van der Waals surface area contributed by atoms with E-state index >= 15 is 0 Å². The van der Waals surface area contributed by atoms with Crippen molar-refractivity contribution in [3.8, 4) is 0 Å². The van der Waals surface area contributed by atoms with Gasteiger partial charge in [-0.3, -0.25) is 9.59 Å². The molecule has 1 amide bonds. The number of fused-ring (bicyclic) bond motifs is 3. The molecule has 2 unspecified atom stereocenters. The highest BCUT2D eigenvalue weighted by Gasteiger charge is 2.49. The number of carbonyl (C=O) groups excluding carboxylic acids is 2. The van der Waals surface area contributed by atoms with E-state index in [0.29, 0.717) is 6.54 Å². The zero-order valence-electron chi connectivity index (χ0n) is 9.30. The second-order valence-electron chi connectivity index (χ2n) is 4.52. The molecule has 1 aromatic rings. The molecular weight excluding hydrogens is 218 g/mol. The maximum Gasteiger partial charge on any atom is 0.224 e. The van der Waals surface area contributed by atoms with Crippen molar-refractivity contribution in [2.75, 3.05) is 13.2 Å². The summed E-state index contributed by atoms with van der Waals surface area (Å²) in [7, 11) is 0. The Hall–Kier alpha value is -1.68. The molecule has 17 heavy (non-hydrogen) atoms. The van der Waals surface area contributed by atoms with Gasteiger partial charge in [-0.1, -0.05) is 24.3 Å². The van der Waals surface area contributed by atoms with Crippen LogP contribution in [-0.4, -0.2) is 34.8 Å². The molecule has 1 heterocycles. The van der Waals surface area contributed by atoms with Gasteiger partial charge in [0.15, 0.2) is 5.78 Å². The lowest BCUT2D eigenvalue weighted by Gasteiger charge is -2.23. The van der Waals surface area contributed by atoms with Crippen LogP contribution in [0.25, 0.3) is 0 Å². The summed E-state index contributed by atoms with van der Waals surface area (Å²) in [4.78, 5) is 25.6. The van der Waals surface area contributed by atoms with Gasteiger partial charge in [-0.15, -0.1) is 0 Å². The van der Waals surface area contributed by atoms with Crippen molar-refractivity contribution in [3.05, 3.63) is 35.4 Å². The first kappa shape index (κ1) is 10.5. The van der Waals surface area contributed by atoms with Gasteiger partial charge in [0.25, 0.3) is 0 Å². The number of aliphatic hydroxyl groups excluding tert-OH is 1. The van der Waals surface area contributed by atoms with E-state index in [0.717, 1.165) is 11.1 Å². The summed E-state index contributed by atoms with van der Waals surface area (Å²) >= 11 is 0. The second kappa shape index (κ2) is 3.67. The Balaban J connectivity index is 2.06. The van der Waals surface area contributed by atoms with Gasteiger partial charge in [0, 0.05) is 18.5 Å². The summed E-state index contributed by atoms with van der Waals surface area (Å²) in [6, 6.07) is 7.29. The topological polar surface area (TPSA) is 57.6 Å². The monoisotopic (exact) mass is 231 g/mol. The summed E-state index contributed by atoms with van der Waals surface area (Å²) in [5, 5.41) is 9.00. The predicted molar refractivity (Wildman–Crippen MR) is 60.4 cm³/mol. The Morgan fingerprint density at radius 3 is 2.82 bits per heavy atom. The third-order valence-corrected chi connectivity index (χ3v) is 3.65. The van der Waals surface area contributed by atoms with Gasteiger partial charge >= 0.3 is 0 Å². The largest absolute Gasteiger partial charge is 0.395 e. The van der Waals surface area contributed by atoms with Gasteiger partial charge in [0.1, 0.15) is 0 Å². The number of amides is 1. The zero-order valence-corrected chi connectivity index (χ0v) is 9.30. The lowest BCUT2D eigenvalue weighted by atomic mass is 10.0. The van der Waals surface area contributed by atoms with Crippen LogP contribution in [0.5, 0.6) is 0 Å². The molecule has 0 radical (unpaired) electrons. The molecule has 0 aromatic heterocycles. The fourth-order valence-electron chi connectivity index (χ4n) is 2.96. The van der Waals surface area contributed by atoms with Crippen molar-refractivity contribution in [1.29, 1.82) is 0 Å². The van der Waals surface area contributed by atoms with Crippen LogP contribution < -0.4 is 0 Å². The van der Waals surface area contributed by atoms with Gasteiger partial charge in [0.2, 0.25) is 5.91 Å². The Kier molecular flexibility index (Phi) is 2.26. The summed E-state index contributed by atoms with van der Waals surface area (Å²) in [5.41, 5.74) is 1.67. The number of Topliss-reactive ketones (excluding diaryl/α,β-unsaturated/α-hetero) is 1. The fraction of sp³-hybridized carbons (Fsp3) is 0.385.